The zero-order valence-electron chi connectivity index (χ0n) is 13.5. The second kappa shape index (κ2) is 7.04. The highest BCUT2D eigenvalue weighted by Gasteiger charge is 2.31. The van der Waals surface area contributed by atoms with Crippen molar-refractivity contribution >= 4 is 11.3 Å². The molecular formula is C17H30N2S. The molecule has 1 fully saturated rings. The number of rotatable bonds is 5. The molecular weight excluding hydrogens is 264 g/mol. The Bertz CT molecular complexity index is 397. The van der Waals surface area contributed by atoms with Crippen LogP contribution >= 0.6 is 11.3 Å². The number of hydrogen-bond donors (Lipinski definition) is 1. The fraction of sp³-hybridized carbons (Fsp3) is 0.824. The Morgan fingerprint density at radius 1 is 1.25 bits per heavy atom. The van der Waals surface area contributed by atoms with E-state index in [0.29, 0.717) is 5.41 Å². The Kier molecular flexibility index (Phi) is 5.62. The van der Waals surface area contributed by atoms with Crippen LogP contribution in [0.5, 0.6) is 0 Å². The van der Waals surface area contributed by atoms with Crippen molar-refractivity contribution < 1.29 is 0 Å². The normalized spacial score (nSPS) is 24.0. The molecule has 114 valence electrons. The van der Waals surface area contributed by atoms with Gasteiger partial charge >= 0.3 is 0 Å². The van der Waals surface area contributed by atoms with Gasteiger partial charge in [-0.15, -0.1) is 11.3 Å². The van der Waals surface area contributed by atoms with Gasteiger partial charge in [-0.3, -0.25) is 0 Å². The molecule has 1 aromatic heterocycles. The van der Waals surface area contributed by atoms with Gasteiger partial charge < -0.3 is 5.32 Å². The van der Waals surface area contributed by atoms with Crippen molar-refractivity contribution in [3.05, 3.63) is 16.1 Å². The quantitative estimate of drug-likeness (QED) is 0.776. The predicted molar refractivity (Wildman–Crippen MR) is 88.3 cm³/mol. The van der Waals surface area contributed by atoms with E-state index in [1.54, 1.807) is 0 Å². The first-order valence-electron chi connectivity index (χ1n) is 8.16. The third kappa shape index (κ3) is 4.29. The molecule has 0 bridgehead atoms. The summed E-state index contributed by atoms with van der Waals surface area (Å²) in [5.74, 6) is 1.61. The molecule has 0 amide bonds. The highest BCUT2D eigenvalue weighted by atomic mass is 32.1. The van der Waals surface area contributed by atoms with Crippen LogP contribution in [0.3, 0.4) is 0 Å². The summed E-state index contributed by atoms with van der Waals surface area (Å²) in [6, 6.07) is 0. The maximum absolute atomic E-state index is 4.68. The van der Waals surface area contributed by atoms with E-state index < -0.39 is 0 Å². The van der Waals surface area contributed by atoms with Gasteiger partial charge in [-0.2, -0.15) is 0 Å². The molecule has 0 saturated heterocycles. The first-order valence-corrected chi connectivity index (χ1v) is 8.97. The summed E-state index contributed by atoms with van der Waals surface area (Å²) in [6.45, 7) is 11.5. The number of nitrogens with zero attached hydrogens (tertiary/aromatic N) is 1. The fourth-order valence-electron chi connectivity index (χ4n) is 3.19. The molecule has 3 heteroatoms. The topological polar surface area (TPSA) is 24.9 Å². The SMILES string of the molecule is CCCNCc1cnc(C2CCC(C(C)(C)C)CC2)s1. The monoisotopic (exact) mass is 294 g/mol. The average molecular weight is 295 g/mol. The summed E-state index contributed by atoms with van der Waals surface area (Å²) < 4.78 is 0. The van der Waals surface area contributed by atoms with Crippen LogP contribution in [-0.4, -0.2) is 11.5 Å². The predicted octanol–water partition coefficient (Wildman–Crippen LogP) is 4.96. The van der Waals surface area contributed by atoms with E-state index in [0.717, 1.165) is 24.9 Å². The minimum atomic E-state index is 0.475. The molecule has 0 atom stereocenters. The van der Waals surface area contributed by atoms with E-state index in [2.05, 4.69) is 44.2 Å². The van der Waals surface area contributed by atoms with Crippen LogP contribution in [0.25, 0.3) is 0 Å². The molecule has 1 aromatic rings. The van der Waals surface area contributed by atoms with Crippen LogP contribution in [0.15, 0.2) is 6.20 Å². The Hall–Kier alpha value is -0.410. The Morgan fingerprint density at radius 3 is 2.55 bits per heavy atom. The van der Waals surface area contributed by atoms with Crippen LogP contribution in [0, 0.1) is 11.3 Å². The van der Waals surface area contributed by atoms with E-state index in [1.807, 2.05) is 11.3 Å². The molecule has 1 heterocycles. The lowest BCUT2D eigenvalue weighted by Gasteiger charge is -2.36. The lowest BCUT2D eigenvalue weighted by molar-refractivity contribution is 0.169. The maximum Gasteiger partial charge on any atom is 0.0959 e. The first-order chi connectivity index (χ1) is 9.50. The van der Waals surface area contributed by atoms with Gasteiger partial charge in [0.2, 0.25) is 0 Å². The Morgan fingerprint density at radius 2 is 1.95 bits per heavy atom. The van der Waals surface area contributed by atoms with E-state index in [4.69, 9.17) is 0 Å². The van der Waals surface area contributed by atoms with Crippen molar-refractivity contribution in [3.63, 3.8) is 0 Å². The summed E-state index contributed by atoms with van der Waals surface area (Å²) in [5.41, 5.74) is 0.475. The molecule has 1 N–H and O–H groups in total. The van der Waals surface area contributed by atoms with Crippen molar-refractivity contribution in [1.29, 1.82) is 0 Å². The zero-order chi connectivity index (χ0) is 14.6. The van der Waals surface area contributed by atoms with Gasteiger partial charge in [-0.05, 0) is 50.0 Å². The molecule has 0 aliphatic heterocycles. The molecule has 2 nitrogen and oxygen atoms in total. The van der Waals surface area contributed by atoms with Gasteiger partial charge in [0.15, 0.2) is 0 Å². The van der Waals surface area contributed by atoms with Crippen LogP contribution < -0.4 is 5.32 Å². The van der Waals surface area contributed by atoms with Gasteiger partial charge in [0.05, 0.1) is 5.01 Å². The highest BCUT2D eigenvalue weighted by molar-refractivity contribution is 7.11. The van der Waals surface area contributed by atoms with Gasteiger partial charge in [0, 0.05) is 23.5 Å². The van der Waals surface area contributed by atoms with Crippen LogP contribution in [0.1, 0.15) is 75.6 Å². The molecule has 2 rings (SSSR count). The second-order valence-electron chi connectivity index (χ2n) is 7.26. The summed E-state index contributed by atoms with van der Waals surface area (Å²) in [6.07, 6.45) is 8.68. The van der Waals surface area contributed by atoms with Crippen molar-refractivity contribution in [3.8, 4) is 0 Å². The molecule has 0 unspecified atom stereocenters. The molecule has 20 heavy (non-hydrogen) atoms. The third-order valence-corrected chi connectivity index (χ3v) is 5.76. The first kappa shape index (κ1) is 16.0. The lowest BCUT2D eigenvalue weighted by Crippen LogP contribution is -2.25. The standard InChI is InChI=1S/C17H30N2S/c1-5-10-18-11-15-12-19-16(20-15)13-6-8-14(9-7-13)17(2,3)4/h12-14,18H,5-11H2,1-4H3. The van der Waals surface area contributed by atoms with Gasteiger partial charge in [0.25, 0.3) is 0 Å². The highest BCUT2D eigenvalue weighted by Crippen LogP contribution is 2.43. The summed E-state index contributed by atoms with van der Waals surface area (Å²) in [5, 5.41) is 4.85. The van der Waals surface area contributed by atoms with Gasteiger partial charge in [-0.1, -0.05) is 27.7 Å². The van der Waals surface area contributed by atoms with Crippen molar-refractivity contribution in [2.75, 3.05) is 6.54 Å². The summed E-state index contributed by atoms with van der Waals surface area (Å²) >= 11 is 1.92. The molecule has 1 aliphatic rings. The van der Waals surface area contributed by atoms with Crippen LogP contribution in [0.2, 0.25) is 0 Å². The Balaban J connectivity index is 1.84. The van der Waals surface area contributed by atoms with E-state index in [1.165, 1.54) is 42.0 Å². The minimum Gasteiger partial charge on any atom is -0.312 e. The Labute approximate surface area is 128 Å². The number of aromatic nitrogens is 1. The number of thiazole rings is 1. The fourth-order valence-corrected chi connectivity index (χ4v) is 4.24. The van der Waals surface area contributed by atoms with E-state index >= 15 is 0 Å². The van der Waals surface area contributed by atoms with E-state index in [-0.39, 0.29) is 0 Å². The number of hydrogen-bond acceptors (Lipinski definition) is 3. The van der Waals surface area contributed by atoms with Crippen molar-refractivity contribution in [1.82, 2.24) is 10.3 Å². The lowest BCUT2D eigenvalue weighted by atomic mass is 9.70. The van der Waals surface area contributed by atoms with E-state index in [9.17, 15) is 0 Å². The largest absolute Gasteiger partial charge is 0.312 e. The second-order valence-corrected chi connectivity index (χ2v) is 8.40. The summed E-state index contributed by atoms with van der Waals surface area (Å²) in [7, 11) is 0. The number of nitrogens with one attached hydrogen (secondary N) is 1. The molecule has 0 spiro atoms. The zero-order valence-corrected chi connectivity index (χ0v) is 14.4. The maximum atomic E-state index is 4.68. The molecule has 0 radical (unpaired) electrons. The van der Waals surface area contributed by atoms with Crippen LogP contribution in [0.4, 0.5) is 0 Å². The molecule has 1 aliphatic carbocycles. The smallest absolute Gasteiger partial charge is 0.0959 e. The third-order valence-electron chi connectivity index (χ3n) is 4.60. The van der Waals surface area contributed by atoms with Crippen molar-refractivity contribution in [2.24, 2.45) is 11.3 Å². The summed E-state index contributed by atoms with van der Waals surface area (Å²) in [4.78, 5) is 6.08. The average Bonchev–Trinajstić information content (AvgIpc) is 2.87. The van der Waals surface area contributed by atoms with Crippen molar-refractivity contribution in [2.45, 2.75) is 72.3 Å². The van der Waals surface area contributed by atoms with Crippen LogP contribution in [-0.2, 0) is 6.54 Å². The van der Waals surface area contributed by atoms with Gasteiger partial charge in [-0.25, -0.2) is 4.98 Å². The molecule has 0 aromatic carbocycles. The van der Waals surface area contributed by atoms with Gasteiger partial charge in [0.1, 0.15) is 0 Å². The molecule has 1 saturated carbocycles. The minimum absolute atomic E-state index is 0.475.